The van der Waals surface area contributed by atoms with Crippen LogP contribution in [0.2, 0.25) is 0 Å². The second-order valence-electron chi connectivity index (χ2n) is 5.28. The van der Waals surface area contributed by atoms with Gasteiger partial charge in [0.05, 0.1) is 6.61 Å². The van der Waals surface area contributed by atoms with E-state index in [0.717, 1.165) is 6.92 Å². The summed E-state index contributed by atoms with van der Waals surface area (Å²) < 4.78 is 33.7. The van der Waals surface area contributed by atoms with Gasteiger partial charge < -0.3 is 9.84 Å². The molecule has 0 fully saturated rings. The fraction of sp³-hybridized carbons (Fsp3) is 0.294. The van der Waals surface area contributed by atoms with E-state index in [9.17, 15) is 13.9 Å². The number of fused-ring (bicyclic) bond motifs is 3. The lowest BCUT2D eigenvalue weighted by Crippen LogP contribution is -2.42. The molecule has 0 spiro atoms. The normalized spacial score (nSPS) is 20.0. The minimum Gasteiger partial charge on any atom is -0.494 e. The molecule has 110 valence electrons. The third-order valence-electron chi connectivity index (χ3n) is 3.93. The highest BCUT2D eigenvalue weighted by Crippen LogP contribution is 2.54. The molecule has 1 aliphatic rings. The van der Waals surface area contributed by atoms with Crippen LogP contribution >= 0.6 is 0 Å². The summed E-state index contributed by atoms with van der Waals surface area (Å²) in [6.07, 6.45) is 0. The molecule has 0 amide bonds. The molecule has 0 aromatic heterocycles. The first-order valence-electron chi connectivity index (χ1n) is 6.87. The number of rotatable bonds is 3. The summed E-state index contributed by atoms with van der Waals surface area (Å²) in [5.41, 5.74) is -0.622. The third-order valence-corrected chi connectivity index (χ3v) is 3.93. The van der Waals surface area contributed by atoms with Crippen molar-refractivity contribution in [1.29, 1.82) is 0 Å². The number of halogens is 2. The van der Waals surface area contributed by atoms with Crippen molar-refractivity contribution in [3.05, 3.63) is 53.6 Å². The van der Waals surface area contributed by atoms with Crippen molar-refractivity contribution in [2.75, 3.05) is 6.61 Å². The highest BCUT2D eigenvalue weighted by atomic mass is 19.3. The number of aliphatic hydroxyl groups is 1. The van der Waals surface area contributed by atoms with Crippen LogP contribution in [0.4, 0.5) is 8.78 Å². The number of ether oxygens (including phenoxy) is 1. The molecule has 0 saturated heterocycles. The summed E-state index contributed by atoms with van der Waals surface area (Å²) in [6.45, 7) is 3.10. The zero-order valence-corrected chi connectivity index (χ0v) is 11.9. The van der Waals surface area contributed by atoms with Gasteiger partial charge in [0, 0.05) is 18.1 Å². The molecule has 1 N–H and O–H groups in total. The van der Waals surface area contributed by atoms with Crippen molar-refractivity contribution in [2.24, 2.45) is 0 Å². The average Bonchev–Trinajstić information content (AvgIpc) is 2.70. The van der Waals surface area contributed by atoms with Crippen molar-refractivity contribution in [2.45, 2.75) is 25.4 Å². The molecule has 0 heterocycles. The molecule has 1 aliphatic carbocycles. The molecule has 0 aliphatic heterocycles. The standard InChI is InChI=1S/C17H16F2O2/c1-3-21-11-8-9-15-13(10-11)12-6-4-5-7-14(12)17(15,20)16(2,18)19/h4-10,20H,3H2,1-2H3. The Morgan fingerprint density at radius 3 is 2.43 bits per heavy atom. The quantitative estimate of drug-likeness (QED) is 0.927. The summed E-state index contributed by atoms with van der Waals surface area (Å²) in [5.74, 6) is -2.68. The van der Waals surface area contributed by atoms with Crippen molar-refractivity contribution >= 4 is 0 Å². The Balaban J connectivity index is 2.29. The summed E-state index contributed by atoms with van der Waals surface area (Å²) >= 11 is 0. The number of hydrogen-bond acceptors (Lipinski definition) is 2. The van der Waals surface area contributed by atoms with Gasteiger partial charge in [-0.15, -0.1) is 0 Å². The van der Waals surface area contributed by atoms with Crippen LogP contribution in [0.1, 0.15) is 25.0 Å². The Morgan fingerprint density at radius 2 is 1.76 bits per heavy atom. The van der Waals surface area contributed by atoms with Gasteiger partial charge in [0.2, 0.25) is 0 Å². The third kappa shape index (κ3) is 1.86. The lowest BCUT2D eigenvalue weighted by Gasteiger charge is -2.31. The number of benzene rings is 2. The molecule has 21 heavy (non-hydrogen) atoms. The van der Waals surface area contributed by atoms with E-state index in [-0.39, 0.29) is 11.1 Å². The molecule has 1 unspecified atom stereocenters. The minimum absolute atomic E-state index is 0.222. The van der Waals surface area contributed by atoms with E-state index in [4.69, 9.17) is 4.74 Å². The van der Waals surface area contributed by atoms with Crippen molar-refractivity contribution in [3.8, 4) is 16.9 Å². The summed E-state index contributed by atoms with van der Waals surface area (Å²) in [5, 5.41) is 10.8. The van der Waals surface area contributed by atoms with E-state index in [1.165, 1.54) is 6.07 Å². The van der Waals surface area contributed by atoms with Gasteiger partial charge in [-0.3, -0.25) is 0 Å². The van der Waals surface area contributed by atoms with E-state index >= 15 is 0 Å². The minimum atomic E-state index is -3.29. The predicted octanol–water partition coefficient (Wildman–Crippen LogP) is 3.96. The van der Waals surface area contributed by atoms with E-state index in [2.05, 4.69) is 0 Å². The molecule has 4 heteroatoms. The van der Waals surface area contributed by atoms with Crippen LogP contribution in [0.25, 0.3) is 11.1 Å². The maximum Gasteiger partial charge on any atom is 0.281 e. The lowest BCUT2D eigenvalue weighted by molar-refractivity contribution is -0.148. The van der Waals surface area contributed by atoms with Crippen LogP contribution in [0.15, 0.2) is 42.5 Å². The molecule has 3 rings (SSSR count). The molecular formula is C17H16F2O2. The first kappa shape index (κ1) is 14.0. The Kier molecular flexibility index (Phi) is 3.02. The van der Waals surface area contributed by atoms with E-state index in [1.54, 1.807) is 36.4 Å². The van der Waals surface area contributed by atoms with Gasteiger partial charge in [0.25, 0.3) is 5.92 Å². The Labute approximate surface area is 122 Å². The van der Waals surface area contributed by atoms with Crippen LogP contribution < -0.4 is 4.74 Å². The van der Waals surface area contributed by atoms with Crippen molar-refractivity contribution in [3.63, 3.8) is 0 Å². The Hall–Kier alpha value is -1.94. The average molecular weight is 290 g/mol. The largest absolute Gasteiger partial charge is 0.494 e. The molecule has 0 saturated carbocycles. The lowest BCUT2D eigenvalue weighted by atomic mass is 9.86. The van der Waals surface area contributed by atoms with Gasteiger partial charge in [0.15, 0.2) is 5.60 Å². The summed E-state index contributed by atoms with van der Waals surface area (Å²) in [6, 6.07) is 11.6. The van der Waals surface area contributed by atoms with Gasteiger partial charge in [-0.2, -0.15) is 0 Å². The molecule has 0 bridgehead atoms. The molecule has 1 atom stereocenters. The van der Waals surface area contributed by atoms with Gasteiger partial charge in [-0.25, -0.2) is 8.78 Å². The SMILES string of the molecule is CCOc1ccc2c(c1)-c1ccccc1C2(O)C(C)(F)F. The maximum atomic E-state index is 14.1. The molecule has 2 nitrogen and oxygen atoms in total. The van der Waals surface area contributed by atoms with Crippen molar-refractivity contribution < 1.29 is 18.6 Å². The van der Waals surface area contributed by atoms with Crippen molar-refractivity contribution in [1.82, 2.24) is 0 Å². The summed E-state index contributed by atoms with van der Waals surface area (Å²) in [4.78, 5) is 0. The molecule has 0 radical (unpaired) electrons. The fourth-order valence-corrected chi connectivity index (χ4v) is 2.97. The van der Waals surface area contributed by atoms with Crippen LogP contribution in [0.5, 0.6) is 5.75 Å². The van der Waals surface area contributed by atoms with Gasteiger partial charge in [-0.1, -0.05) is 30.3 Å². The predicted molar refractivity (Wildman–Crippen MR) is 76.7 cm³/mol. The van der Waals surface area contributed by atoms with Gasteiger partial charge in [-0.05, 0) is 30.2 Å². The first-order chi connectivity index (χ1) is 9.89. The first-order valence-corrected chi connectivity index (χ1v) is 6.87. The monoisotopic (exact) mass is 290 g/mol. The van der Waals surface area contributed by atoms with Crippen LogP contribution in [-0.2, 0) is 5.60 Å². The molecular weight excluding hydrogens is 274 g/mol. The second kappa shape index (κ2) is 4.53. The topological polar surface area (TPSA) is 29.5 Å². The number of alkyl halides is 2. The van der Waals surface area contributed by atoms with Crippen LogP contribution in [0, 0.1) is 0 Å². The maximum absolute atomic E-state index is 14.1. The van der Waals surface area contributed by atoms with E-state index < -0.39 is 11.5 Å². The fourth-order valence-electron chi connectivity index (χ4n) is 2.97. The van der Waals surface area contributed by atoms with Crippen LogP contribution in [-0.4, -0.2) is 17.6 Å². The highest BCUT2D eigenvalue weighted by molar-refractivity contribution is 5.81. The Bertz CT molecular complexity index is 691. The van der Waals surface area contributed by atoms with E-state index in [1.807, 2.05) is 6.92 Å². The molecule has 2 aromatic carbocycles. The summed E-state index contributed by atoms with van der Waals surface area (Å²) in [7, 11) is 0. The zero-order chi connectivity index (χ0) is 15.3. The highest BCUT2D eigenvalue weighted by Gasteiger charge is 2.56. The van der Waals surface area contributed by atoms with Gasteiger partial charge >= 0.3 is 0 Å². The number of hydrogen-bond donors (Lipinski definition) is 1. The smallest absolute Gasteiger partial charge is 0.281 e. The van der Waals surface area contributed by atoms with E-state index in [0.29, 0.717) is 23.5 Å². The van der Waals surface area contributed by atoms with Crippen LogP contribution in [0.3, 0.4) is 0 Å². The zero-order valence-electron chi connectivity index (χ0n) is 11.9. The molecule has 2 aromatic rings. The van der Waals surface area contributed by atoms with Gasteiger partial charge in [0.1, 0.15) is 5.75 Å². The Morgan fingerprint density at radius 1 is 1.10 bits per heavy atom. The second-order valence-corrected chi connectivity index (χ2v) is 5.28.